The third-order valence-electron chi connectivity index (χ3n) is 3.19. The van der Waals surface area contributed by atoms with Gasteiger partial charge in [-0.15, -0.1) is 0 Å². The summed E-state index contributed by atoms with van der Waals surface area (Å²) < 4.78 is 6.03. The Hall–Kier alpha value is -2.27. The molecule has 0 unspecified atom stereocenters. The third-order valence-corrected chi connectivity index (χ3v) is 3.54. The number of halogens is 1. The van der Waals surface area contributed by atoms with Crippen LogP contribution in [0.3, 0.4) is 0 Å². The summed E-state index contributed by atoms with van der Waals surface area (Å²) in [5.74, 6) is -0.760. The number of ether oxygens (including phenoxy) is 1. The lowest BCUT2D eigenvalue weighted by Crippen LogP contribution is -2.22. The summed E-state index contributed by atoms with van der Waals surface area (Å²) in [6.45, 7) is 3.48. The van der Waals surface area contributed by atoms with Crippen molar-refractivity contribution < 1.29 is 14.6 Å². The van der Waals surface area contributed by atoms with E-state index in [2.05, 4.69) is 4.74 Å². The van der Waals surface area contributed by atoms with Gasteiger partial charge in [-0.25, -0.2) is 4.79 Å². The van der Waals surface area contributed by atoms with Crippen LogP contribution in [-0.4, -0.2) is 22.8 Å². The number of hydrogen-bond acceptors (Lipinski definition) is 4. The fraction of sp³-hybridized carbons (Fsp3) is 0.200. The predicted octanol–water partition coefficient (Wildman–Crippen LogP) is 2.60. The molecule has 0 saturated heterocycles. The Labute approximate surface area is 126 Å². The predicted molar refractivity (Wildman–Crippen MR) is 79.5 cm³/mol. The van der Waals surface area contributed by atoms with Crippen molar-refractivity contribution in [2.45, 2.75) is 13.8 Å². The van der Waals surface area contributed by atoms with Crippen LogP contribution in [0.2, 0.25) is 5.02 Å². The Morgan fingerprint density at radius 3 is 2.57 bits per heavy atom. The minimum absolute atomic E-state index is 0.261. The highest BCUT2D eigenvalue weighted by Gasteiger charge is 2.15. The first-order valence-electron chi connectivity index (χ1n) is 6.17. The molecule has 0 aliphatic rings. The van der Waals surface area contributed by atoms with Crippen LogP contribution in [0.1, 0.15) is 21.6 Å². The largest absolute Gasteiger partial charge is 0.506 e. The van der Waals surface area contributed by atoms with Crippen molar-refractivity contribution in [1.29, 1.82) is 0 Å². The number of rotatable bonds is 2. The SMILES string of the molecule is COC(=O)c1ccc(C)c(-n2c(C)cc(O)c(Cl)c2=O)c1. The molecule has 5 nitrogen and oxygen atoms in total. The van der Waals surface area contributed by atoms with Crippen LogP contribution < -0.4 is 5.56 Å². The van der Waals surface area contributed by atoms with Crippen LogP contribution in [0.4, 0.5) is 0 Å². The highest BCUT2D eigenvalue weighted by atomic mass is 35.5. The van der Waals surface area contributed by atoms with E-state index in [4.69, 9.17) is 11.6 Å². The zero-order valence-electron chi connectivity index (χ0n) is 11.8. The van der Waals surface area contributed by atoms with Gasteiger partial charge in [-0.1, -0.05) is 17.7 Å². The average molecular weight is 308 g/mol. The average Bonchev–Trinajstić information content (AvgIpc) is 2.46. The van der Waals surface area contributed by atoms with Crippen molar-refractivity contribution in [3.05, 3.63) is 56.5 Å². The van der Waals surface area contributed by atoms with Gasteiger partial charge >= 0.3 is 5.97 Å². The number of pyridine rings is 1. The molecule has 6 heteroatoms. The molecule has 0 spiro atoms. The molecular formula is C15H14ClNO4. The number of methoxy groups -OCH3 is 1. The summed E-state index contributed by atoms with van der Waals surface area (Å²) in [6.07, 6.45) is 0. The Morgan fingerprint density at radius 1 is 1.29 bits per heavy atom. The summed E-state index contributed by atoms with van der Waals surface area (Å²) in [5.41, 5.74) is 1.59. The lowest BCUT2D eigenvalue weighted by Gasteiger charge is -2.14. The summed E-state index contributed by atoms with van der Waals surface area (Å²) in [7, 11) is 1.29. The minimum Gasteiger partial charge on any atom is -0.506 e. The van der Waals surface area contributed by atoms with Gasteiger partial charge in [0.2, 0.25) is 0 Å². The monoisotopic (exact) mass is 307 g/mol. The van der Waals surface area contributed by atoms with Crippen molar-refractivity contribution in [3.63, 3.8) is 0 Å². The highest BCUT2D eigenvalue weighted by Crippen LogP contribution is 2.23. The molecule has 1 N–H and O–H groups in total. The van der Waals surface area contributed by atoms with Gasteiger partial charge in [-0.05, 0) is 31.5 Å². The first-order valence-corrected chi connectivity index (χ1v) is 6.55. The van der Waals surface area contributed by atoms with Gasteiger partial charge < -0.3 is 9.84 Å². The molecule has 0 amide bonds. The normalized spacial score (nSPS) is 10.5. The van der Waals surface area contributed by atoms with Crippen LogP contribution in [0, 0.1) is 13.8 Å². The molecule has 0 aliphatic carbocycles. The molecule has 0 bridgehead atoms. The second kappa shape index (κ2) is 5.61. The van der Waals surface area contributed by atoms with Gasteiger partial charge in [-0.3, -0.25) is 9.36 Å². The van der Waals surface area contributed by atoms with Gasteiger partial charge in [0.1, 0.15) is 10.8 Å². The lowest BCUT2D eigenvalue weighted by atomic mass is 10.1. The second-order valence-electron chi connectivity index (χ2n) is 4.62. The maximum Gasteiger partial charge on any atom is 0.337 e. The van der Waals surface area contributed by atoms with Crippen molar-refractivity contribution in [2.24, 2.45) is 0 Å². The number of hydrogen-bond donors (Lipinski definition) is 1. The van der Waals surface area contributed by atoms with Crippen molar-refractivity contribution in [2.75, 3.05) is 7.11 Å². The van der Waals surface area contributed by atoms with Crippen molar-refractivity contribution >= 4 is 17.6 Å². The van der Waals surface area contributed by atoms with E-state index in [1.165, 1.54) is 17.7 Å². The van der Waals surface area contributed by atoms with Gasteiger partial charge in [-0.2, -0.15) is 0 Å². The Morgan fingerprint density at radius 2 is 1.95 bits per heavy atom. The van der Waals surface area contributed by atoms with Gasteiger partial charge in [0.05, 0.1) is 18.4 Å². The summed E-state index contributed by atoms with van der Waals surface area (Å²) in [6, 6.07) is 6.29. The number of aryl methyl sites for hydroxylation is 2. The van der Waals surface area contributed by atoms with E-state index in [9.17, 15) is 14.7 Å². The molecular weight excluding hydrogens is 294 g/mol. The fourth-order valence-corrected chi connectivity index (χ4v) is 2.23. The first kappa shape index (κ1) is 15.1. The molecule has 0 radical (unpaired) electrons. The molecule has 1 aromatic heterocycles. The smallest absolute Gasteiger partial charge is 0.337 e. The molecule has 1 aromatic carbocycles. The third kappa shape index (κ3) is 2.64. The van der Waals surface area contributed by atoms with Crippen LogP contribution in [0.5, 0.6) is 5.75 Å². The number of esters is 1. The van der Waals surface area contributed by atoms with E-state index in [-0.39, 0.29) is 10.8 Å². The van der Waals surface area contributed by atoms with E-state index < -0.39 is 11.5 Å². The molecule has 2 rings (SSSR count). The van der Waals surface area contributed by atoms with E-state index in [0.717, 1.165) is 5.56 Å². The van der Waals surface area contributed by atoms with Crippen molar-refractivity contribution in [3.8, 4) is 11.4 Å². The molecule has 0 aliphatic heterocycles. The molecule has 1 heterocycles. The summed E-state index contributed by atoms with van der Waals surface area (Å²) in [4.78, 5) is 23.9. The number of aromatic hydroxyl groups is 1. The zero-order valence-corrected chi connectivity index (χ0v) is 12.6. The van der Waals surface area contributed by atoms with Crippen LogP contribution in [-0.2, 0) is 4.74 Å². The highest BCUT2D eigenvalue weighted by molar-refractivity contribution is 6.31. The van der Waals surface area contributed by atoms with E-state index in [1.54, 1.807) is 25.1 Å². The molecule has 110 valence electrons. The van der Waals surface area contributed by atoms with Crippen LogP contribution >= 0.6 is 11.6 Å². The van der Waals surface area contributed by atoms with Crippen LogP contribution in [0.25, 0.3) is 5.69 Å². The standard InChI is InChI=1S/C15H14ClNO4/c1-8-4-5-10(15(20)21-3)7-11(8)17-9(2)6-12(18)13(16)14(17)19/h4-7,18H,1-3H3. The summed E-state index contributed by atoms with van der Waals surface area (Å²) in [5, 5.41) is 9.32. The number of carbonyl (C=O) groups excluding carboxylic acids is 1. The number of nitrogens with zero attached hydrogens (tertiary/aromatic N) is 1. The second-order valence-corrected chi connectivity index (χ2v) is 5.00. The Balaban J connectivity index is 2.76. The van der Waals surface area contributed by atoms with E-state index in [0.29, 0.717) is 16.9 Å². The van der Waals surface area contributed by atoms with Crippen molar-refractivity contribution in [1.82, 2.24) is 4.57 Å². The quantitative estimate of drug-likeness (QED) is 0.866. The molecule has 0 fully saturated rings. The first-order chi connectivity index (χ1) is 9.86. The Kier molecular flexibility index (Phi) is 4.04. The molecule has 21 heavy (non-hydrogen) atoms. The van der Waals surface area contributed by atoms with Gasteiger partial charge in [0, 0.05) is 11.8 Å². The van der Waals surface area contributed by atoms with Gasteiger partial charge in [0.15, 0.2) is 0 Å². The molecule has 2 aromatic rings. The number of aromatic nitrogens is 1. The fourth-order valence-electron chi connectivity index (χ4n) is 2.09. The Bertz CT molecular complexity index is 780. The zero-order chi connectivity index (χ0) is 15.7. The lowest BCUT2D eigenvalue weighted by molar-refractivity contribution is 0.0600. The van der Waals surface area contributed by atoms with Crippen LogP contribution in [0.15, 0.2) is 29.1 Å². The maximum atomic E-state index is 12.3. The van der Waals surface area contributed by atoms with Gasteiger partial charge in [0.25, 0.3) is 5.56 Å². The van der Waals surface area contributed by atoms with E-state index in [1.807, 2.05) is 6.92 Å². The topological polar surface area (TPSA) is 68.5 Å². The minimum atomic E-state index is -0.542. The maximum absolute atomic E-state index is 12.3. The van der Waals surface area contributed by atoms with E-state index >= 15 is 0 Å². The number of carbonyl (C=O) groups is 1. The molecule has 0 saturated carbocycles. The molecule has 0 atom stereocenters. The number of benzene rings is 1. The summed E-state index contributed by atoms with van der Waals surface area (Å²) >= 11 is 5.81.